The summed E-state index contributed by atoms with van der Waals surface area (Å²) < 4.78 is 6.09. The molecule has 5 nitrogen and oxygen atoms in total. The van der Waals surface area contributed by atoms with E-state index >= 15 is 0 Å². The summed E-state index contributed by atoms with van der Waals surface area (Å²) in [4.78, 5) is 22.6. The van der Waals surface area contributed by atoms with Crippen molar-refractivity contribution in [3.8, 4) is 5.75 Å². The number of nitrogens with two attached hydrogens (primary N) is 1. The third-order valence-electron chi connectivity index (χ3n) is 2.80. The number of benzene rings is 2. The van der Waals surface area contributed by atoms with Gasteiger partial charge in [0, 0.05) is 22.3 Å². The maximum atomic E-state index is 11.9. The van der Waals surface area contributed by atoms with Crippen molar-refractivity contribution in [2.24, 2.45) is 5.73 Å². The highest BCUT2D eigenvalue weighted by molar-refractivity contribution is 9.10. The van der Waals surface area contributed by atoms with Crippen molar-refractivity contribution in [3.63, 3.8) is 0 Å². The summed E-state index contributed by atoms with van der Waals surface area (Å²) in [5.41, 5.74) is 6.49. The summed E-state index contributed by atoms with van der Waals surface area (Å²) in [7, 11) is 0. The van der Waals surface area contributed by atoms with Crippen molar-refractivity contribution in [2.45, 2.75) is 0 Å². The topological polar surface area (TPSA) is 81.4 Å². The van der Waals surface area contributed by atoms with E-state index in [2.05, 4.69) is 21.2 Å². The van der Waals surface area contributed by atoms with Crippen LogP contribution in [0.1, 0.15) is 5.56 Å². The minimum absolute atomic E-state index is 0.209. The molecule has 0 radical (unpaired) electrons. The lowest BCUT2D eigenvalue weighted by molar-refractivity contribution is -0.120. The molecule has 0 atom stereocenters. The molecule has 23 heavy (non-hydrogen) atoms. The Morgan fingerprint density at radius 1 is 1.17 bits per heavy atom. The molecule has 0 saturated heterocycles. The van der Waals surface area contributed by atoms with Crippen molar-refractivity contribution in [1.29, 1.82) is 0 Å². The molecular weight excluding hydrogens is 360 g/mol. The molecule has 0 aliphatic carbocycles. The van der Waals surface area contributed by atoms with Crippen molar-refractivity contribution in [3.05, 3.63) is 64.6 Å². The molecule has 0 spiro atoms. The van der Waals surface area contributed by atoms with Crippen LogP contribution >= 0.6 is 15.9 Å². The first-order chi connectivity index (χ1) is 11.0. The van der Waals surface area contributed by atoms with E-state index in [0.717, 1.165) is 10.0 Å². The van der Waals surface area contributed by atoms with Gasteiger partial charge in [-0.05, 0) is 29.8 Å². The Balaban J connectivity index is 1.99. The summed E-state index contributed by atoms with van der Waals surface area (Å²) in [6, 6.07) is 14.3. The van der Waals surface area contributed by atoms with Crippen molar-refractivity contribution < 1.29 is 14.3 Å². The minimum Gasteiger partial charge on any atom is -0.484 e. The van der Waals surface area contributed by atoms with Crippen LogP contribution < -0.4 is 15.8 Å². The highest BCUT2D eigenvalue weighted by atomic mass is 79.9. The zero-order valence-corrected chi connectivity index (χ0v) is 13.7. The molecule has 3 N–H and O–H groups in total. The molecule has 2 aromatic carbocycles. The Bertz CT molecular complexity index is 744. The van der Waals surface area contributed by atoms with Crippen molar-refractivity contribution in [2.75, 3.05) is 11.9 Å². The number of halogens is 1. The predicted molar refractivity (Wildman–Crippen MR) is 92.9 cm³/mol. The number of hydrogen-bond donors (Lipinski definition) is 2. The van der Waals surface area contributed by atoms with Crippen LogP contribution in [0.15, 0.2) is 59.1 Å². The molecule has 2 aromatic rings. The van der Waals surface area contributed by atoms with E-state index in [-0.39, 0.29) is 12.5 Å². The highest BCUT2D eigenvalue weighted by Crippen LogP contribution is 2.19. The zero-order valence-electron chi connectivity index (χ0n) is 12.2. The third kappa shape index (κ3) is 5.60. The first kappa shape index (κ1) is 16.8. The molecule has 118 valence electrons. The highest BCUT2D eigenvalue weighted by Gasteiger charge is 2.02. The Labute approximate surface area is 142 Å². The van der Waals surface area contributed by atoms with E-state index < -0.39 is 5.91 Å². The summed E-state index contributed by atoms with van der Waals surface area (Å²) in [5, 5.41) is 2.72. The molecule has 0 bridgehead atoms. The van der Waals surface area contributed by atoms with E-state index in [1.807, 2.05) is 24.3 Å². The van der Waals surface area contributed by atoms with Gasteiger partial charge >= 0.3 is 0 Å². The smallest absolute Gasteiger partial charge is 0.255 e. The fourth-order valence-corrected chi connectivity index (χ4v) is 2.19. The van der Waals surface area contributed by atoms with Gasteiger partial charge in [-0.25, -0.2) is 0 Å². The first-order valence-corrected chi connectivity index (χ1v) is 7.58. The van der Waals surface area contributed by atoms with Crippen molar-refractivity contribution >= 4 is 39.5 Å². The molecule has 0 aromatic heterocycles. The van der Waals surface area contributed by atoms with Gasteiger partial charge in [-0.15, -0.1) is 0 Å². The number of nitrogens with one attached hydrogen (secondary N) is 1. The largest absolute Gasteiger partial charge is 0.484 e. The van der Waals surface area contributed by atoms with E-state index in [9.17, 15) is 9.59 Å². The molecule has 0 unspecified atom stereocenters. The van der Waals surface area contributed by atoms with Gasteiger partial charge in [0.2, 0.25) is 5.91 Å². The van der Waals surface area contributed by atoms with Gasteiger partial charge in [-0.1, -0.05) is 40.2 Å². The summed E-state index contributed by atoms with van der Waals surface area (Å²) >= 11 is 3.41. The predicted octanol–water partition coefficient (Wildman–Crippen LogP) is 2.97. The van der Waals surface area contributed by atoms with E-state index in [1.54, 1.807) is 30.3 Å². The van der Waals surface area contributed by atoms with Crippen LogP contribution in [0.3, 0.4) is 0 Å². The van der Waals surface area contributed by atoms with Gasteiger partial charge in [0.1, 0.15) is 5.75 Å². The number of anilines is 1. The lowest BCUT2D eigenvalue weighted by atomic mass is 10.2. The number of carbonyl (C=O) groups excluding carboxylic acids is 2. The second kappa shape index (κ2) is 8.14. The number of hydrogen-bond acceptors (Lipinski definition) is 3. The Hall–Kier alpha value is -2.60. The van der Waals surface area contributed by atoms with Crippen LogP contribution in [0.4, 0.5) is 5.69 Å². The molecule has 0 fully saturated rings. The minimum atomic E-state index is -0.559. The van der Waals surface area contributed by atoms with Crippen molar-refractivity contribution in [1.82, 2.24) is 0 Å². The zero-order chi connectivity index (χ0) is 16.7. The van der Waals surface area contributed by atoms with Gasteiger partial charge < -0.3 is 15.8 Å². The molecule has 0 saturated carbocycles. The maximum Gasteiger partial charge on any atom is 0.255 e. The number of rotatable bonds is 6. The molecule has 0 aliphatic heterocycles. The summed E-state index contributed by atoms with van der Waals surface area (Å²) in [6.07, 6.45) is 3.16. The molecular formula is C17H15BrN2O3. The van der Waals surface area contributed by atoms with Crippen LogP contribution in [0.5, 0.6) is 5.75 Å². The quantitative estimate of drug-likeness (QED) is 0.762. The standard InChI is InChI=1S/C17H15BrN2O3/c18-15-7-2-1-4-12(15)8-9-17(22)20-13-5-3-6-14(10-13)23-11-16(19)21/h1-10H,11H2,(H2,19,21)(H,20,22)/b9-8+. The van der Waals surface area contributed by atoms with Crippen LogP contribution in [0, 0.1) is 0 Å². The van der Waals surface area contributed by atoms with Gasteiger partial charge in [-0.3, -0.25) is 9.59 Å². The van der Waals surface area contributed by atoms with Gasteiger partial charge in [0.15, 0.2) is 6.61 Å². The number of primary amides is 1. The Kier molecular flexibility index (Phi) is 5.94. The fourth-order valence-electron chi connectivity index (χ4n) is 1.78. The van der Waals surface area contributed by atoms with Crippen LogP contribution in [0.2, 0.25) is 0 Å². The van der Waals surface area contributed by atoms with Gasteiger partial charge in [0.05, 0.1) is 0 Å². The molecule has 2 rings (SSSR count). The lowest BCUT2D eigenvalue weighted by Crippen LogP contribution is -2.20. The van der Waals surface area contributed by atoms with Gasteiger partial charge in [-0.2, -0.15) is 0 Å². The van der Waals surface area contributed by atoms with Crippen LogP contribution in [0.25, 0.3) is 6.08 Å². The van der Waals surface area contributed by atoms with Crippen LogP contribution in [-0.2, 0) is 9.59 Å². The van der Waals surface area contributed by atoms with Crippen LogP contribution in [-0.4, -0.2) is 18.4 Å². The normalized spacial score (nSPS) is 10.5. The second-order valence-electron chi connectivity index (χ2n) is 4.63. The molecule has 2 amide bonds. The summed E-state index contributed by atoms with van der Waals surface area (Å²) in [5.74, 6) is -0.375. The first-order valence-electron chi connectivity index (χ1n) is 6.79. The second-order valence-corrected chi connectivity index (χ2v) is 5.48. The summed E-state index contributed by atoms with van der Waals surface area (Å²) in [6.45, 7) is -0.209. The molecule has 6 heteroatoms. The lowest BCUT2D eigenvalue weighted by Gasteiger charge is -2.06. The Morgan fingerprint density at radius 2 is 1.96 bits per heavy atom. The third-order valence-corrected chi connectivity index (χ3v) is 3.52. The van der Waals surface area contributed by atoms with E-state index in [0.29, 0.717) is 11.4 Å². The van der Waals surface area contributed by atoms with E-state index in [1.165, 1.54) is 6.08 Å². The van der Waals surface area contributed by atoms with E-state index in [4.69, 9.17) is 10.5 Å². The number of carbonyl (C=O) groups is 2. The molecule has 0 aliphatic rings. The fraction of sp³-hybridized carbons (Fsp3) is 0.0588. The monoisotopic (exact) mass is 374 g/mol. The maximum absolute atomic E-state index is 11.9. The average Bonchev–Trinajstić information content (AvgIpc) is 2.52. The van der Waals surface area contributed by atoms with Gasteiger partial charge in [0.25, 0.3) is 5.91 Å². The Morgan fingerprint density at radius 3 is 2.70 bits per heavy atom. The number of ether oxygens (including phenoxy) is 1. The molecule has 0 heterocycles. The average molecular weight is 375 g/mol. The SMILES string of the molecule is NC(=O)COc1cccc(NC(=O)/C=C/c2ccccc2Br)c1. The number of amides is 2.